The predicted molar refractivity (Wildman–Crippen MR) is 60.2 cm³/mol. The number of hydrogen-bond acceptors (Lipinski definition) is 0. The van der Waals surface area contributed by atoms with Crippen molar-refractivity contribution in [2.45, 2.75) is 39.0 Å². The summed E-state index contributed by atoms with van der Waals surface area (Å²) in [6.45, 7) is 2.55. The molecule has 15 heavy (non-hydrogen) atoms. The minimum atomic E-state index is 1.09. The van der Waals surface area contributed by atoms with E-state index in [1.54, 1.807) is 32.1 Å². The standard InChI is InChI=1S/C15H22/c1-7-4-8-5-11(7)15-13-6-12(14(8)15)9-2-3-10(9)13/h7-15H,2-6H2,1H3. The van der Waals surface area contributed by atoms with Gasteiger partial charge < -0.3 is 0 Å². The van der Waals surface area contributed by atoms with Crippen LogP contribution < -0.4 is 0 Å². The molecule has 5 fully saturated rings. The Morgan fingerprint density at radius 2 is 1.40 bits per heavy atom. The molecule has 5 saturated carbocycles. The minimum absolute atomic E-state index is 1.09. The summed E-state index contributed by atoms with van der Waals surface area (Å²) >= 11 is 0. The Labute approximate surface area is 92.8 Å². The normalized spacial score (nSPS) is 73.0. The van der Waals surface area contributed by atoms with Gasteiger partial charge in [0.25, 0.3) is 0 Å². The maximum Gasteiger partial charge on any atom is -0.0318 e. The van der Waals surface area contributed by atoms with E-state index in [2.05, 4.69) is 6.92 Å². The van der Waals surface area contributed by atoms with Crippen LogP contribution in [0.25, 0.3) is 0 Å². The van der Waals surface area contributed by atoms with E-state index in [0.29, 0.717) is 0 Å². The first-order valence-electron chi connectivity index (χ1n) is 7.34. The SMILES string of the molecule is CC1CC2CC1C1C3CC(C4CCC43)C21. The van der Waals surface area contributed by atoms with Gasteiger partial charge in [-0.15, -0.1) is 0 Å². The van der Waals surface area contributed by atoms with E-state index < -0.39 is 0 Å². The molecular weight excluding hydrogens is 180 g/mol. The van der Waals surface area contributed by atoms with Crippen molar-refractivity contribution < 1.29 is 0 Å². The topological polar surface area (TPSA) is 0 Å². The van der Waals surface area contributed by atoms with Crippen molar-refractivity contribution in [3.8, 4) is 0 Å². The fourth-order valence-electron chi connectivity index (χ4n) is 7.18. The molecule has 0 aliphatic heterocycles. The van der Waals surface area contributed by atoms with Crippen molar-refractivity contribution in [3.63, 3.8) is 0 Å². The van der Waals surface area contributed by atoms with Crippen molar-refractivity contribution in [2.75, 3.05) is 0 Å². The van der Waals surface area contributed by atoms with Crippen LogP contribution in [0.4, 0.5) is 0 Å². The molecule has 0 heterocycles. The summed E-state index contributed by atoms with van der Waals surface area (Å²) in [4.78, 5) is 0. The fraction of sp³-hybridized carbons (Fsp3) is 1.00. The third-order valence-electron chi connectivity index (χ3n) is 7.48. The van der Waals surface area contributed by atoms with Gasteiger partial charge in [-0.25, -0.2) is 0 Å². The van der Waals surface area contributed by atoms with Crippen molar-refractivity contribution in [1.82, 2.24) is 0 Å². The molecule has 0 saturated heterocycles. The number of hydrogen-bond donors (Lipinski definition) is 0. The molecular formula is C15H22. The van der Waals surface area contributed by atoms with Crippen molar-refractivity contribution >= 4 is 0 Å². The van der Waals surface area contributed by atoms with Gasteiger partial charge in [0.2, 0.25) is 0 Å². The highest BCUT2D eigenvalue weighted by atomic mass is 14.7. The van der Waals surface area contributed by atoms with E-state index in [4.69, 9.17) is 0 Å². The van der Waals surface area contributed by atoms with Gasteiger partial charge in [-0.3, -0.25) is 0 Å². The van der Waals surface area contributed by atoms with Crippen molar-refractivity contribution in [3.05, 3.63) is 0 Å². The summed E-state index contributed by atoms with van der Waals surface area (Å²) in [6, 6.07) is 0. The van der Waals surface area contributed by atoms with E-state index in [0.717, 1.165) is 5.92 Å². The third kappa shape index (κ3) is 0.718. The number of rotatable bonds is 0. The first-order chi connectivity index (χ1) is 7.34. The van der Waals surface area contributed by atoms with Gasteiger partial charge in [0, 0.05) is 0 Å². The monoisotopic (exact) mass is 202 g/mol. The second-order valence-electron chi connectivity index (χ2n) is 7.50. The molecule has 0 aromatic carbocycles. The molecule has 0 N–H and O–H groups in total. The highest BCUT2D eigenvalue weighted by Gasteiger charge is 2.68. The Kier molecular flexibility index (Phi) is 1.25. The Hall–Kier alpha value is 0. The summed E-state index contributed by atoms with van der Waals surface area (Å²) in [6.07, 6.45) is 8.14. The lowest BCUT2D eigenvalue weighted by Gasteiger charge is -2.50. The fourth-order valence-corrected chi connectivity index (χ4v) is 7.18. The molecule has 82 valence electrons. The van der Waals surface area contributed by atoms with Gasteiger partial charge in [0.1, 0.15) is 0 Å². The van der Waals surface area contributed by atoms with Crippen LogP contribution >= 0.6 is 0 Å². The average molecular weight is 202 g/mol. The maximum atomic E-state index is 2.55. The van der Waals surface area contributed by atoms with Crippen LogP contribution in [0.15, 0.2) is 0 Å². The summed E-state index contributed by atoms with van der Waals surface area (Å²) in [5, 5.41) is 0. The van der Waals surface area contributed by atoms with Crippen LogP contribution in [-0.4, -0.2) is 0 Å². The van der Waals surface area contributed by atoms with Crippen LogP contribution in [0.2, 0.25) is 0 Å². The largest absolute Gasteiger partial charge is 0.0622 e. The zero-order valence-electron chi connectivity index (χ0n) is 9.73. The molecule has 0 nitrogen and oxygen atoms in total. The molecule has 0 amide bonds. The second kappa shape index (κ2) is 2.31. The van der Waals surface area contributed by atoms with E-state index >= 15 is 0 Å². The Balaban J connectivity index is 1.58. The zero-order valence-corrected chi connectivity index (χ0v) is 9.73. The molecule has 5 aliphatic carbocycles. The highest BCUT2D eigenvalue weighted by Crippen LogP contribution is 2.74. The summed E-state index contributed by atoms with van der Waals surface area (Å²) < 4.78 is 0. The molecule has 0 heteroatoms. The second-order valence-corrected chi connectivity index (χ2v) is 7.50. The first-order valence-corrected chi connectivity index (χ1v) is 7.34. The Morgan fingerprint density at radius 1 is 0.667 bits per heavy atom. The van der Waals surface area contributed by atoms with Gasteiger partial charge in [-0.1, -0.05) is 6.92 Å². The maximum absolute atomic E-state index is 2.55. The average Bonchev–Trinajstić information content (AvgIpc) is 2.78. The minimum Gasteiger partial charge on any atom is -0.0622 e. The molecule has 4 bridgehead atoms. The molecule has 5 rings (SSSR count). The lowest BCUT2D eigenvalue weighted by molar-refractivity contribution is -0.0142. The lowest BCUT2D eigenvalue weighted by Crippen LogP contribution is -2.44. The summed E-state index contributed by atoms with van der Waals surface area (Å²) in [7, 11) is 0. The van der Waals surface area contributed by atoms with E-state index in [1.165, 1.54) is 47.3 Å². The van der Waals surface area contributed by atoms with Crippen LogP contribution in [0.5, 0.6) is 0 Å². The predicted octanol–water partition coefficient (Wildman–Crippen LogP) is 3.57. The smallest absolute Gasteiger partial charge is 0.0318 e. The number of fused-ring (bicyclic) bond motifs is 12. The lowest BCUT2D eigenvalue weighted by atomic mass is 9.55. The summed E-state index contributed by atoms with van der Waals surface area (Å²) in [5.41, 5.74) is 0. The quantitative estimate of drug-likeness (QED) is 0.527. The van der Waals surface area contributed by atoms with Gasteiger partial charge in [0.15, 0.2) is 0 Å². The Bertz CT molecular complexity index is 320. The van der Waals surface area contributed by atoms with Crippen molar-refractivity contribution in [1.29, 1.82) is 0 Å². The third-order valence-corrected chi connectivity index (χ3v) is 7.48. The van der Waals surface area contributed by atoms with Crippen LogP contribution in [0.1, 0.15) is 39.0 Å². The van der Waals surface area contributed by atoms with Gasteiger partial charge in [-0.2, -0.15) is 0 Å². The molecule has 0 radical (unpaired) electrons. The molecule has 5 aliphatic rings. The first kappa shape index (κ1) is 8.14. The molecule has 9 unspecified atom stereocenters. The van der Waals surface area contributed by atoms with Gasteiger partial charge in [0.05, 0.1) is 0 Å². The van der Waals surface area contributed by atoms with E-state index in [-0.39, 0.29) is 0 Å². The molecule has 0 aromatic heterocycles. The van der Waals surface area contributed by atoms with Crippen LogP contribution in [-0.2, 0) is 0 Å². The van der Waals surface area contributed by atoms with Crippen LogP contribution in [0.3, 0.4) is 0 Å². The highest BCUT2D eigenvalue weighted by molar-refractivity contribution is 5.16. The molecule has 0 spiro atoms. The summed E-state index contributed by atoms with van der Waals surface area (Å²) in [5.74, 6) is 10.8. The van der Waals surface area contributed by atoms with E-state index in [1.807, 2.05) is 0 Å². The molecule has 9 atom stereocenters. The van der Waals surface area contributed by atoms with Crippen molar-refractivity contribution in [2.24, 2.45) is 53.3 Å². The zero-order chi connectivity index (χ0) is 9.73. The van der Waals surface area contributed by atoms with Gasteiger partial charge in [-0.05, 0) is 85.4 Å². The Morgan fingerprint density at radius 3 is 2.13 bits per heavy atom. The molecule has 0 aromatic rings. The van der Waals surface area contributed by atoms with E-state index in [9.17, 15) is 0 Å². The van der Waals surface area contributed by atoms with Crippen LogP contribution in [0, 0.1) is 53.3 Å². The van der Waals surface area contributed by atoms with Gasteiger partial charge >= 0.3 is 0 Å².